The first kappa shape index (κ1) is 16.8. The number of amides is 2. The average molecular weight is 335 g/mol. The fourth-order valence-corrected chi connectivity index (χ4v) is 3.11. The molecule has 7 nitrogen and oxygen atoms in total. The molecular weight excluding hydrogens is 318 g/mol. The first-order valence-electron chi connectivity index (χ1n) is 6.76. The molecule has 1 heterocycles. The minimum Gasteiger partial charge on any atom is -0.369 e. The molecule has 0 atom stereocenters. The highest BCUT2D eigenvalue weighted by molar-refractivity contribution is 7.90. The Bertz CT molecular complexity index is 839. The summed E-state index contributed by atoms with van der Waals surface area (Å²) in [5.74, 6) is -1.49. The third-order valence-corrected chi connectivity index (χ3v) is 5.16. The molecule has 0 unspecified atom stereocenters. The van der Waals surface area contributed by atoms with E-state index in [1.807, 2.05) is 0 Å². The number of rotatable bonds is 5. The first-order valence-corrected chi connectivity index (χ1v) is 8.20. The van der Waals surface area contributed by atoms with Crippen LogP contribution in [0.2, 0.25) is 0 Å². The zero-order chi connectivity index (χ0) is 17.3. The lowest BCUT2D eigenvalue weighted by atomic mass is 9.91. The van der Waals surface area contributed by atoms with Gasteiger partial charge in [-0.25, -0.2) is 12.4 Å². The maximum absolute atomic E-state index is 12.6. The van der Waals surface area contributed by atoms with Crippen molar-refractivity contribution in [2.75, 3.05) is 5.32 Å². The van der Waals surface area contributed by atoms with E-state index in [0.29, 0.717) is 0 Å². The molecule has 122 valence electrons. The van der Waals surface area contributed by atoms with Crippen molar-refractivity contribution >= 4 is 27.5 Å². The molecule has 1 aromatic heterocycles. The van der Waals surface area contributed by atoms with Crippen LogP contribution < -0.4 is 11.1 Å². The summed E-state index contributed by atoms with van der Waals surface area (Å²) in [6, 6.07) is 9.12. The molecule has 8 heteroatoms. The van der Waals surface area contributed by atoms with E-state index in [2.05, 4.69) is 5.32 Å². The highest BCUT2D eigenvalue weighted by Crippen LogP contribution is 2.25. The lowest BCUT2D eigenvalue weighted by Gasteiger charge is -2.20. The van der Waals surface area contributed by atoms with Gasteiger partial charge in [-0.3, -0.25) is 9.59 Å². The Kier molecular flexibility index (Phi) is 4.28. The van der Waals surface area contributed by atoms with Gasteiger partial charge in [-0.15, -0.1) is 0 Å². The summed E-state index contributed by atoms with van der Waals surface area (Å²) in [5, 5.41) is 2.47. The number of hydrogen-bond donors (Lipinski definition) is 2. The van der Waals surface area contributed by atoms with Crippen molar-refractivity contribution in [3.8, 4) is 0 Å². The molecule has 0 spiro atoms. The van der Waals surface area contributed by atoms with Crippen LogP contribution in [-0.4, -0.2) is 24.2 Å². The van der Waals surface area contributed by atoms with E-state index in [4.69, 9.17) is 5.73 Å². The van der Waals surface area contributed by atoms with Gasteiger partial charge in [0.1, 0.15) is 10.3 Å². The Balaban J connectivity index is 2.44. The van der Waals surface area contributed by atoms with E-state index < -0.39 is 27.3 Å². The number of carbonyl (C=O) groups is 2. The highest BCUT2D eigenvalue weighted by Gasteiger charge is 2.35. The largest absolute Gasteiger partial charge is 0.369 e. The van der Waals surface area contributed by atoms with Gasteiger partial charge in [-0.2, -0.15) is 0 Å². The Morgan fingerprint density at radius 3 is 2.22 bits per heavy atom. The van der Waals surface area contributed by atoms with E-state index in [0.717, 1.165) is 3.97 Å². The second-order valence-corrected chi connectivity index (χ2v) is 7.27. The highest BCUT2D eigenvalue weighted by atomic mass is 32.2. The molecule has 0 aliphatic heterocycles. The Labute approximate surface area is 134 Å². The van der Waals surface area contributed by atoms with Crippen molar-refractivity contribution in [2.45, 2.75) is 18.7 Å². The van der Waals surface area contributed by atoms with Crippen LogP contribution >= 0.6 is 0 Å². The number of hydrogen-bond acceptors (Lipinski definition) is 4. The number of para-hydroxylation sites is 1. The van der Waals surface area contributed by atoms with Gasteiger partial charge in [-0.1, -0.05) is 12.1 Å². The van der Waals surface area contributed by atoms with Gasteiger partial charge < -0.3 is 11.1 Å². The van der Waals surface area contributed by atoms with E-state index >= 15 is 0 Å². The van der Waals surface area contributed by atoms with E-state index in [-0.39, 0.29) is 10.6 Å². The second-order valence-electron chi connectivity index (χ2n) is 5.46. The maximum Gasteiger partial charge on any atom is 0.269 e. The van der Waals surface area contributed by atoms with E-state index in [9.17, 15) is 18.0 Å². The van der Waals surface area contributed by atoms with Crippen LogP contribution in [0.25, 0.3) is 0 Å². The lowest BCUT2D eigenvalue weighted by Crippen LogP contribution is -2.42. The van der Waals surface area contributed by atoms with Gasteiger partial charge in [0.2, 0.25) is 11.8 Å². The molecule has 2 aromatic rings. The van der Waals surface area contributed by atoms with Gasteiger partial charge in [0.15, 0.2) is 0 Å². The molecule has 0 aliphatic carbocycles. The number of nitrogens with one attached hydrogen (secondary N) is 1. The minimum atomic E-state index is -3.85. The van der Waals surface area contributed by atoms with Crippen LogP contribution in [0.1, 0.15) is 13.8 Å². The Morgan fingerprint density at radius 1 is 1.09 bits per heavy atom. The molecule has 0 radical (unpaired) electrons. The molecule has 0 saturated heterocycles. The minimum absolute atomic E-state index is 0.0789. The third kappa shape index (κ3) is 3.11. The topological polar surface area (TPSA) is 111 Å². The lowest BCUT2D eigenvalue weighted by molar-refractivity contribution is -0.136. The molecule has 2 rings (SSSR count). The standard InChI is InChI=1S/C15H17N3O4S/c1-15(2,13(16)19)14(20)17-11-7-3-4-8-12(11)23(21,22)18-9-5-6-10-18/h3-10H,1-2H3,(H2,16,19)(H,17,20). The van der Waals surface area contributed by atoms with Crippen LogP contribution in [0.15, 0.2) is 53.7 Å². The predicted molar refractivity (Wildman–Crippen MR) is 85.1 cm³/mol. The molecule has 0 aliphatic rings. The van der Waals surface area contributed by atoms with Gasteiger partial charge in [0.25, 0.3) is 10.0 Å². The zero-order valence-corrected chi connectivity index (χ0v) is 13.5. The van der Waals surface area contributed by atoms with Gasteiger partial charge in [0, 0.05) is 12.4 Å². The SMILES string of the molecule is CC(C)(C(N)=O)C(=O)Nc1ccccc1S(=O)(=O)n1cccc1. The van der Waals surface area contributed by atoms with Crippen molar-refractivity contribution < 1.29 is 18.0 Å². The van der Waals surface area contributed by atoms with Crippen LogP contribution in [0.4, 0.5) is 5.69 Å². The number of anilines is 1. The summed E-state index contributed by atoms with van der Waals surface area (Å²) < 4.78 is 26.2. The molecule has 0 bridgehead atoms. The smallest absolute Gasteiger partial charge is 0.269 e. The van der Waals surface area contributed by atoms with Gasteiger partial charge in [-0.05, 0) is 38.1 Å². The van der Waals surface area contributed by atoms with E-state index in [1.165, 1.54) is 38.4 Å². The normalized spacial score (nSPS) is 11.9. The van der Waals surface area contributed by atoms with Crippen molar-refractivity contribution in [3.63, 3.8) is 0 Å². The summed E-state index contributed by atoms with van der Waals surface area (Å²) in [7, 11) is -3.85. The average Bonchev–Trinajstić information content (AvgIpc) is 3.02. The van der Waals surface area contributed by atoms with Gasteiger partial charge >= 0.3 is 0 Å². The Morgan fingerprint density at radius 2 is 1.65 bits per heavy atom. The third-order valence-electron chi connectivity index (χ3n) is 3.45. The van der Waals surface area contributed by atoms with Crippen molar-refractivity contribution in [2.24, 2.45) is 11.1 Å². The van der Waals surface area contributed by atoms with E-state index in [1.54, 1.807) is 24.3 Å². The number of carbonyl (C=O) groups excluding carboxylic acids is 2. The Hall–Kier alpha value is -2.61. The number of nitrogens with zero attached hydrogens (tertiary/aromatic N) is 1. The summed E-state index contributed by atoms with van der Waals surface area (Å²) >= 11 is 0. The fourth-order valence-electron chi connectivity index (χ4n) is 1.78. The maximum atomic E-state index is 12.6. The summed E-state index contributed by atoms with van der Waals surface area (Å²) in [6.07, 6.45) is 2.78. The molecule has 0 fully saturated rings. The first-order chi connectivity index (χ1) is 10.7. The molecule has 2 amide bonds. The molecule has 23 heavy (non-hydrogen) atoms. The van der Waals surface area contributed by atoms with Crippen LogP contribution in [0.5, 0.6) is 0 Å². The number of aromatic nitrogens is 1. The number of nitrogens with two attached hydrogens (primary N) is 1. The van der Waals surface area contributed by atoms with Crippen molar-refractivity contribution in [1.82, 2.24) is 3.97 Å². The molecule has 1 aromatic carbocycles. The fraction of sp³-hybridized carbons (Fsp3) is 0.200. The number of primary amides is 1. The molecule has 3 N–H and O–H groups in total. The summed E-state index contributed by atoms with van der Waals surface area (Å²) in [6.45, 7) is 2.74. The zero-order valence-electron chi connectivity index (χ0n) is 12.7. The molecular formula is C15H17N3O4S. The predicted octanol–water partition coefficient (Wildman–Crippen LogP) is 1.18. The van der Waals surface area contributed by atoms with Crippen molar-refractivity contribution in [3.05, 3.63) is 48.8 Å². The van der Waals surface area contributed by atoms with Crippen LogP contribution in [-0.2, 0) is 19.6 Å². The van der Waals surface area contributed by atoms with Crippen LogP contribution in [0.3, 0.4) is 0 Å². The quantitative estimate of drug-likeness (QED) is 0.799. The summed E-state index contributed by atoms with van der Waals surface area (Å²) in [5.41, 5.74) is 3.82. The van der Waals surface area contributed by atoms with Crippen LogP contribution in [0, 0.1) is 5.41 Å². The monoisotopic (exact) mass is 335 g/mol. The molecule has 0 saturated carbocycles. The summed E-state index contributed by atoms with van der Waals surface area (Å²) in [4.78, 5) is 23.5. The second kappa shape index (κ2) is 5.88. The van der Waals surface area contributed by atoms with Crippen molar-refractivity contribution in [1.29, 1.82) is 0 Å². The number of benzene rings is 1. The van der Waals surface area contributed by atoms with Gasteiger partial charge in [0.05, 0.1) is 5.69 Å².